The predicted octanol–water partition coefficient (Wildman–Crippen LogP) is 4.12. The van der Waals surface area contributed by atoms with Gasteiger partial charge < -0.3 is 10.5 Å². The molecule has 0 aromatic carbocycles. The predicted molar refractivity (Wildman–Crippen MR) is 117 cm³/mol. The number of alkyl halides is 3. The van der Waals surface area contributed by atoms with E-state index in [4.69, 9.17) is 15.6 Å². The molecule has 5 atom stereocenters. The van der Waals surface area contributed by atoms with E-state index in [0.29, 0.717) is 41.2 Å². The number of likely N-dealkylation sites (tertiary alicyclic amines) is 1. The molecular weight excluding hydrogens is 431 g/mol. The van der Waals surface area contributed by atoms with Crippen molar-refractivity contribution in [2.75, 3.05) is 25.9 Å². The summed E-state index contributed by atoms with van der Waals surface area (Å²) in [6.07, 6.45) is 0.611. The van der Waals surface area contributed by atoms with Crippen molar-refractivity contribution in [3.63, 3.8) is 0 Å². The number of hydrogen-bond acceptors (Lipinski definition) is 5. The van der Waals surface area contributed by atoms with Crippen LogP contribution in [0, 0.1) is 17.8 Å². The van der Waals surface area contributed by atoms with Gasteiger partial charge in [0.15, 0.2) is 0 Å². The van der Waals surface area contributed by atoms with Crippen LogP contribution in [-0.2, 0) is 16.3 Å². The molecule has 5 aliphatic rings. The van der Waals surface area contributed by atoms with E-state index < -0.39 is 17.6 Å². The van der Waals surface area contributed by atoms with Crippen LogP contribution in [0.3, 0.4) is 0 Å². The molecule has 5 fully saturated rings. The second-order valence-electron chi connectivity index (χ2n) is 10.5. The van der Waals surface area contributed by atoms with Crippen LogP contribution in [-0.4, -0.2) is 52.0 Å². The fourth-order valence-electron chi connectivity index (χ4n) is 7.11. The maximum absolute atomic E-state index is 13.4. The van der Waals surface area contributed by atoms with Gasteiger partial charge in [0.25, 0.3) is 0 Å². The molecule has 0 amide bonds. The largest absolute Gasteiger partial charge is 0.419 e. The van der Waals surface area contributed by atoms with Gasteiger partial charge in [-0.05, 0) is 63.0 Å². The summed E-state index contributed by atoms with van der Waals surface area (Å²) >= 11 is 0. The lowest BCUT2D eigenvalue weighted by Gasteiger charge is -2.35. The minimum absolute atomic E-state index is 0.129. The first-order valence-corrected chi connectivity index (χ1v) is 11.9. The third-order valence-corrected chi connectivity index (χ3v) is 8.70. The molecule has 2 unspecified atom stereocenters. The molecule has 33 heavy (non-hydrogen) atoms. The van der Waals surface area contributed by atoms with E-state index in [0.717, 1.165) is 32.0 Å². The average molecular weight is 462 g/mol. The van der Waals surface area contributed by atoms with Gasteiger partial charge in [0, 0.05) is 55.2 Å². The van der Waals surface area contributed by atoms with Crippen LogP contribution in [0.5, 0.6) is 0 Å². The average Bonchev–Trinajstić information content (AvgIpc) is 3.33. The molecule has 0 radical (unpaired) electrons. The molecule has 2 aromatic heterocycles. The van der Waals surface area contributed by atoms with Gasteiger partial charge in [-0.15, -0.1) is 0 Å². The Morgan fingerprint density at radius 1 is 1.18 bits per heavy atom. The Balaban J connectivity index is 1.30. The molecule has 9 heteroatoms. The SMILES string of the molecule is COC1CCN(C2C[C@@H]3[C@@H]4C2[C@@]34c2cc(-c3cnc(N)c(C(F)(F)F)c3)nn2C(C)C)CC1. The highest BCUT2D eigenvalue weighted by Crippen LogP contribution is 2.91. The van der Waals surface area contributed by atoms with Crippen molar-refractivity contribution in [2.45, 2.75) is 62.9 Å². The maximum Gasteiger partial charge on any atom is 0.419 e. The number of halogens is 3. The van der Waals surface area contributed by atoms with Crippen molar-refractivity contribution in [2.24, 2.45) is 17.8 Å². The fraction of sp³-hybridized carbons (Fsp3) is 0.667. The van der Waals surface area contributed by atoms with Gasteiger partial charge in [-0.2, -0.15) is 18.3 Å². The molecule has 7 rings (SSSR count). The summed E-state index contributed by atoms with van der Waals surface area (Å²) in [5.41, 5.74) is 6.84. The van der Waals surface area contributed by atoms with Crippen LogP contribution < -0.4 is 5.73 Å². The third-order valence-electron chi connectivity index (χ3n) is 8.70. The normalized spacial score (nSPS) is 33.5. The van der Waals surface area contributed by atoms with E-state index in [1.165, 1.54) is 18.3 Å². The second-order valence-corrected chi connectivity index (χ2v) is 10.5. The van der Waals surface area contributed by atoms with Gasteiger partial charge in [0.2, 0.25) is 0 Å². The number of nitrogen functional groups attached to an aromatic ring is 1. The molecule has 6 nitrogen and oxygen atoms in total. The van der Waals surface area contributed by atoms with Crippen molar-refractivity contribution < 1.29 is 17.9 Å². The van der Waals surface area contributed by atoms with Gasteiger partial charge in [0.05, 0.1) is 17.4 Å². The van der Waals surface area contributed by atoms with Crippen LogP contribution in [0.2, 0.25) is 0 Å². The van der Waals surface area contributed by atoms with Gasteiger partial charge in [-0.25, -0.2) is 4.98 Å². The molecular formula is C24H30F3N5O. The molecule has 2 bridgehead atoms. The molecule has 0 spiro atoms. The first kappa shape index (κ1) is 21.4. The number of methoxy groups -OCH3 is 1. The summed E-state index contributed by atoms with van der Waals surface area (Å²) in [6.45, 7) is 6.32. The van der Waals surface area contributed by atoms with Crippen LogP contribution >= 0.6 is 0 Å². The topological polar surface area (TPSA) is 69.2 Å². The Morgan fingerprint density at radius 2 is 1.91 bits per heavy atom. The summed E-state index contributed by atoms with van der Waals surface area (Å²) in [7, 11) is 1.80. The van der Waals surface area contributed by atoms with E-state index in [1.54, 1.807) is 7.11 Å². The fourth-order valence-corrected chi connectivity index (χ4v) is 7.11. The number of pyridine rings is 1. The van der Waals surface area contributed by atoms with Crippen molar-refractivity contribution in [3.05, 3.63) is 29.6 Å². The summed E-state index contributed by atoms with van der Waals surface area (Å²) in [5.74, 6) is 1.50. The number of rotatable bonds is 5. The first-order chi connectivity index (χ1) is 15.7. The Morgan fingerprint density at radius 3 is 2.52 bits per heavy atom. The van der Waals surface area contributed by atoms with E-state index in [9.17, 15) is 13.2 Å². The lowest BCUT2D eigenvalue weighted by atomic mass is 9.98. The molecule has 3 heterocycles. The Labute approximate surface area is 191 Å². The van der Waals surface area contributed by atoms with E-state index in [2.05, 4.69) is 23.7 Å². The molecule has 4 aliphatic carbocycles. The van der Waals surface area contributed by atoms with Crippen LogP contribution in [0.1, 0.15) is 50.4 Å². The molecule has 1 saturated heterocycles. The monoisotopic (exact) mass is 461 g/mol. The second kappa shape index (κ2) is 6.95. The standard InChI is InChI=1S/C24H30F3N5O/c1-12(2)32-19(10-17(30-32)13-8-16(24(25,26)27)22(28)29-11-13)23-15-9-18(21(23)20(15)23)31-6-4-14(33-3)5-7-31/h8,10-12,14-15,18,20-21H,4-7,9H2,1-3H3,(H2,28,29)/t15-,18?,20-,21?,23-/m1/s1. The van der Waals surface area contributed by atoms with Gasteiger partial charge >= 0.3 is 6.18 Å². The Hall–Kier alpha value is -2.13. The van der Waals surface area contributed by atoms with Crippen molar-refractivity contribution in [3.8, 4) is 11.3 Å². The Bertz CT molecular complexity index is 1080. The highest BCUT2D eigenvalue weighted by molar-refractivity contribution is 5.65. The van der Waals surface area contributed by atoms with E-state index >= 15 is 0 Å². The van der Waals surface area contributed by atoms with E-state index in [-0.39, 0.29) is 11.5 Å². The summed E-state index contributed by atoms with van der Waals surface area (Å²) in [4.78, 5) is 6.47. The van der Waals surface area contributed by atoms with Crippen molar-refractivity contribution in [1.82, 2.24) is 19.7 Å². The zero-order valence-corrected chi connectivity index (χ0v) is 19.1. The number of piperidine rings is 1. The molecule has 2 N–H and O–H groups in total. The zero-order valence-electron chi connectivity index (χ0n) is 19.1. The lowest BCUT2D eigenvalue weighted by Crippen LogP contribution is -2.43. The number of hydrogen-bond donors (Lipinski definition) is 1. The minimum atomic E-state index is -4.55. The lowest BCUT2D eigenvalue weighted by molar-refractivity contribution is -0.137. The van der Waals surface area contributed by atoms with Gasteiger partial charge in [-0.1, -0.05) is 0 Å². The molecule has 4 saturated carbocycles. The first-order valence-electron chi connectivity index (χ1n) is 11.9. The third kappa shape index (κ3) is 2.94. The minimum Gasteiger partial charge on any atom is -0.383 e. The summed E-state index contributed by atoms with van der Waals surface area (Å²) in [6, 6.07) is 3.82. The zero-order chi connectivity index (χ0) is 23.3. The number of nitrogens with two attached hydrogens (primary N) is 1. The van der Waals surface area contributed by atoms with Crippen LogP contribution in [0.4, 0.5) is 19.0 Å². The van der Waals surface area contributed by atoms with E-state index in [1.807, 2.05) is 10.7 Å². The summed E-state index contributed by atoms with van der Waals surface area (Å²) in [5, 5.41) is 4.76. The number of nitrogens with zero attached hydrogens (tertiary/aromatic N) is 4. The van der Waals surface area contributed by atoms with Gasteiger partial charge in [-0.3, -0.25) is 9.58 Å². The molecule has 178 valence electrons. The highest BCUT2D eigenvalue weighted by atomic mass is 19.4. The maximum atomic E-state index is 13.4. The summed E-state index contributed by atoms with van der Waals surface area (Å²) < 4.78 is 47.7. The number of anilines is 1. The number of fused-ring (bicyclic) bond motifs is 1. The smallest absolute Gasteiger partial charge is 0.383 e. The van der Waals surface area contributed by atoms with Crippen LogP contribution in [0.25, 0.3) is 11.3 Å². The van der Waals surface area contributed by atoms with Crippen molar-refractivity contribution >= 4 is 5.82 Å². The number of ether oxygens (including phenoxy) is 1. The van der Waals surface area contributed by atoms with Crippen molar-refractivity contribution in [1.29, 1.82) is 0 Å². The Kier molecular flexibility index (Phi) is 4.51. The number of aromatic nitrogens is 3. The van der Waals surface area contributed by atoms with Gasteiger partial charge in [0.1, 0.15) is 5.82 Å². The quantitative estimate of drug-likeness (QED) is 0.725. The molecule has 1 aliphatic heterocycles. The van der Waals surface area contributed by atoms with Crippen LogP contribution in [0.15, 0.2) is 18.3 Å². The molecule has 2 aromatic rings. The highest BCUT2D eigenvalue weighted by Gasteiger charge is 2.93.